The molecule has 0 heterocycles. The molecule has 79 valence electrons. The van der Waals surface area contributed by atoms with Gasteiger partial charge in [-0.1, -0.05) is 37.3 Å². The monoisotopic (exact) mass is 205 g/mol. The molecule has 3 heteroatoms. The number of hydrogen-bond acceptors (Lipinski definition) is 3. The summed E-state index contributed by atoms with van der Waals surface area (Å²) in [7, 11) is 0. The van der Waals surface area contributed by atoms with Crippen molar-refractivity contribution in [1.82, 2.24) is 0 Å². The van der Waals surface area contributed by atoms with E-state index < -0.39 is 11.9 Å². The molecule has 0 saturated heterocycles. The van der Waals surface area contributed by atoms with Crippen molar-refractivity contribution >= 4 is 11.9 Å². The minimum Gasteiger partial charge on any atom is -0.393 e. The van der Waals surface area contributed by atoms with Crippen LogP contribution in [0.5, 0.6) is 0 Å². The molecule has 0 aromatic heterocycles. The largest absolute Gasteiger partial charge is 0.393 e. The lowest BCUT2D eigenvalue weighted by Crippen LogP contribution is -2.14. The second-order valence-corrected chi connectivity index (χ2v) is 3.07. The molecule has 1 aromatic carbocycles. The van der Waals surface area contributed by atoms with E-state index in [0.717, 1.165) is 5.56 Å². The average molecular weight is 205 g/mol. The van der Waals surface area contributed by atoms with Gasteiger partial charge in [-0.15, -0.1) is 0 Å². The third kappa shape index (κ3) is 4.40. The van der Waals surface area contributed by atoms with Crippen molar-refractivity contribution in [3.05, 3.63) is 42.3 Å². The molecule has 0 amide bonds. The van der Waals surface area contributed by atoms with E-state index in [1.165, 1.54) is 6.42 Å². The molecular weight excluding hydrogens is 192 g/mol. The maximum absolute atomic E-state index is 11.2. The van der Waals surface area contributed by atoms with Gasteiger partial charge in [0.1, 0.15) is 0 Å². The van der Waals surface area contributed by atoms with Crippen molar-refractivity contribution in [3.63, 3.8) is 0 Å². The molecule has 0 aliphatic carbocycles. The zero-order chi connectivity index (χ0) is 11.1. The fourth-order valence-corrected chi connectivity index (χ4v) is 1.12. The summed E-state index contributed by atoms with van der Waals surface area (Å²) in [5.41, 5.74) is 0.840. The Labute approximate surface area is 89.1 Å². The topological polar surface area (TPSA) is 43.4 Å². The predicted molar refractivity (Wildman–Crippen MR) is 55.8 cm³/mol. The van der Waals surface area contributed by atoms with E-state index in [9.17, 15) is 9.59 Å². The maximum atomic E-state index is 11.2. The Morgan fingerprint density at radius 2 is 1.93 bits per heavy atom. The number of esters is 2. The number of hydrogen-bond donors (Lipinski definition) is 0. The number of carbonyl (C=O) groups is 2. The Morgan fingerprint density at radius 3 is 2.53 bits per heavy atom. The molecule has 3 nitrogen and oxygen atoms in total. The minimum atomic E-state index is -0.571. The van der Waals surface area contributed by atoms with Crippen molar-refractivity contribution in [2.75, 3.05) is 0 Å². The highest BCUT2D eigenvalue weighted by molar-refractivity contribution is 5.90. The molecule has 0 bridgehead atoms. The number of ether oxygens (including phenoxy) is 1. The molecule has 1 radical (unpaired) electrons. The van der Waals surface area contributed by atoms with Gasteiger partial charge in [-0.2, -0.15) is 0 Å². The first kappa shape index (κ1) is 11.4. The highest BCUT2D eigenvalue weighted by Gasteiger charge is 2.09. The lowest BCUT2D eigenvalue weighted by molar-refractivity contribution is -0.156. The second kappa shape index (κ2) is 5.96. The number of carbonyl (C=O) groups excluding carboxylic acids is 2. The van der Waals surface area contributed by atoms with Crippen LogP contribution in [0.1, 0.15) is 18.9 Å². The Kier molecular flexibility index (Phi) is 4.54. The van der Waals surface area contributed by atoms with E-state index in [4.69, 9.17) is 0 Å². The zero-order valence-electron chi connectivity index (χ0n) is 8.60. The van der Waals surface area contributed by atoms with Crippen LogP contribution in [-0.4, -0.2) is 11.9 Å². The summed E-state index contributed by atoms with van der Waals surface area (Å²) in [6.07, 6.45) is 2.03. The van der Waals surface area contributed by atoms with Crippen LogP contribution >= 0.6 is 0 Å². The van der Waals surface area contributed by atoms with Gasteiger partial charge in [0, 0.05) is 0 Å². The Bertz CT molecular complexity index is 330. The second-order valence-electron chi connectivity index (χ2n) is 3.07. The van der Waals surface area contributed by atoms with Gasteiger partial charge in [-0.25, -0.2) is 0 Å². The van der Waals surface area contributed by atoms with Gasteiger partial charge in [0.15, 0.2) is 0 Å². The molecule has 0 unspecified atom stereocenters. The standard InChI is InChI=1S/C12H13O3/c1-2-6-11(13)15-12(14)9-10-7-4-3-5-8-10/h3-8H,2,9H2,1H3. The molecule has 0 aliphatic rings. The summed E-state index contributed by atoms with van der Waals surface area (Å²) < 4.78 is 4.56. The molecule has 1 rings (SSSR count). The summed E-state index contributed by atoms with van der Waals surface area (Å²) >= 11 is 0. The van der Waals surface area contributed by atoms with Gasteiger partial charge in [0.25, 0.3) is 0 Å². The van der Waals surface area contributed by atoms with E-state index in [-0.39, 0.29) is 6.42 Å². The molecule has 0 atom stereocenters. The fourth-order valence-electron chi connectivity index (χ4n) is 1.12. The van der Waals surface area contributed by atoms with Crippen LogP contribution in [0.4, 0.5) is 0 Å². The van der Waals surface area contributed by atoms with Crippen LogP contribution in [0, 0.1) is 6.42 Å². The van der Waals surface area contributed by atoms with Crippen molar-refractivity contribution in [2.45, 2.75) is 19.8 Å². The highest BCUT2D eigenvalue weighted by atomic mass is 16.6. The molecule has 0 saturated carbocycles. The van der Waals surface area contributed by atoms with E-state index in [1.807, 2.05) is 37.3 Å². The average Bonchev–Trinajstić information content (AvgIpc) is 2.19. The van der Waals surface area contributed by atoms with Gasteiger partial charge in [-0.3, -0.25) is 9.59 Å². The molecule has 0 aliphatic heterocycles. The van der Waals surface area contributed by atoms with Crippen LogP contribution < -0.4 is 0 Å². The zero-order valence-corrected chi connectivity index (χ0v) is 8.60. The van der Waals surface area contributed by atoms with Crippen LogP contribution in [0.2, 0.25) is 0 Å². The van der Waals surface area contributed by atoms with Crippen molar-refractivity contribution in [2.24, 2.45) is 0 Å². The van der Waals surface area contributed by atoms with Crippen molar-refractivity contribution in [3.8, 4) is 0 Å². The normalized spacial score (nSPS) is 9.67. The van der Waals surface area contributed by atoms with Gasteiger partial charge in [0.05, 0.1) is 12.8 Å². The molecule has 0 spiro atoms. The first-order chi connectivity index (χ1) is 7.22. The SMILES string of the molecule is CC[CH]C(=O)OC(=O)Cc1ccccc1. The Morgan fingerprint density at radius 1 is 1.27 bits per heavy atom. The predicted octanol–water partition coefficient (Wildman–Crippen LogP) is 1.91. The van der Waals surface area contributed by atoms with E-state index in [1.54, 1.807) is 0 Å². The van der Waals surface area contributed by atoms with Gasteiger partial charge in [-0.05, 0) is 12.0 Å². The Balaban J connectivity index is 2.40. The van der Waals surface area contributed by atoms with Gasteiger partial charge < -0.3 is 4.74 Å². The van der Waals surface area contributed by atoms with Crippen molar-refractivity contribution in [1.29, 1.82) is 0 Å². The summed E-state index contributed by atoms with van der Waals surface area (Å²) in [6.45, 7) is 1.81. The number of benzene rings is 1. The highest BCUT2D eigenvalue weighted by Crippen LogP contribution is 2.01. The summed E-state index contributed by atoms with van der Waals surface area (Å²) in [6, 6.07) is 9.17. The van der Waals surface area contributed by atoms with E-state index in [2.05, 4.69) is 4.74 Å². The lowest BCUT2D eigenvalue weighted by atomic mass is 10.2. The van der Waals surface area contributed by atoms with Gasteiger partial charge >= 0.3 is 11.9 Å². The van der Waals surface area contributed by atoms with Crippen LogP contribution in [0.25, 0.3) is 0 Å². The number of rotatable bonds is 4. The van der Waals surface area contributed by atoms with E-state index >= 15 is 0 Å². The summed E-state index contributed by atoms with van der Waals surface area (Å²) in [5, 5.41) is 0. The molecule has 1 aromatic rings. The molecule has 0 fully saturated rings. The van der Waals surface area contributed by atoms with Crippen LogP contribution in [0.3, 0.4) is 0 Å². The fraction of sp³-hybridized carbons (Fsp3) is 0.250. The smallest absolute Gasteiger partial charge is 0.317 e. The molecule has 15 heavy (non-hydrogen) atoms. The lowest BCUT2D eigenvalue weighted by Gasteiger charge is -2.01. The summed E-state index contributed by atoms with van der Waals surface area (Å²) in [5.74, 6) is -1.09. The molecular formula is C12H13O3. The van der Waals surface area contributed by atoms with Crippen LogP contribution in [-0.2, 0) is 20.7 Å². The minimum absolute atomic E-state index is 0.129. The Hall–Kier alpha value is -1.64. The third-order valence-corrected chi connectivity index (χ3v) is 1.78. The van der Waals surface area contributed by atoms with Crippen molar-refractivity contribution < 1.29 is 14.3 Å². The summed E-state index contributed by atoms with van der Waals surface area (Å²) in [4.78, 5) is 22.2. The van der Waals surface area contributed by atoms with E-state index in [0.29, 0.717) is 6.42 Å². The first-order valence-electron chi connectivity index (χ1n) is 4.84. The first-order valence-corrected chi connectivity index (χ1v) is 4.84. The molecule has 0 N–H and O–H groups in total. The maximum Gasteiger partial charge on any atom is 0.317 e. The van der Waals surface area contributed by atoms with Crippen LogP contribution in [0.15, 0.2) is 30.3 Å². The van der Waals surface area contributed by atoms with Gasteiger partial charge in [0.2, 0.25) is 0 Å². The quantitative estimate of drug-likeness (QED) is 0.557. The third-order valence-electron chi connectivity index (χ3n) is 1.78.